The third kappa shape index (κ3) is 7.66. The maximum Gasteiger partial charge on any atom is 0.261 e. The number of hydrogen-bond donors (Lipinski definition) is 1. The highest BCUT2D eigenvalue weighted by molar-refractivity contribution is 7.92. The Bertz CT molecular complexity index is 809. The summed E-state index contributed by atoms with van der Waals surface area (Å²) in [5.74, 6) is 0. The Morgan fingerprint density at radius 3 is 2.48 bits per heavy atom. The minimum Gasteiger partial charge on any atom is -0.382 e. The zero-order chi connectivity index (χ0) is 19.5. The van der Waals surface area contributed by atoms with E-state index in [9.17, 15) is 8.42 Å². The fourth-order valence-corrected chi connectivity index (χ4v) is 3.35. The molecule has 0 fully saturated rings. The van der Waals surface area contributed by atoms with Crippen molar-refractivity contribution in [1.82, 2.24) is 0 Å². The number of aryl methyl sites for hydroxylation is 1. The van der Waals surface area contributed by atoms with Gasteiger partial charge < -0.3 is 9.47 Å². The molecule has 0 bridgehead atoms. The van der Waals surface area contributed by atoms with Crippen LogP contribution in [0.4, 0.5) is 5.69 Å². The van der Waals surface area contributed by atoms with Crippen LogP contribution < -0.4 is 4.72 Å². The molecule has 0 saturated carbocycles. The van der Waals surface area contributed by atoms with E-state index in [-0.39, 0.29) is 18.1 Å². The zero-order valence-corrected chi connectivity index (χ0v) is 16.3. The molecule has 0 spiro atoms. The maximum absolute atomic E-state index is 12.6. The van der Waals surface area contributed by atoms with Crippen LogP contribution in [0.15, 0.2) is 53.4 Å². The number of sulfonamides is 1. The smallest absolute Gasteiger partial charge is 0.261 e. The van der Waals surface area contributed by atoms with E-state index in [0.717, 1.165) is 5.56 Å². The van der Waals surface area contributed by atoms with Gasteiger partial charge in [0.2, 0.25) is 0 Å². The van der Waals surface area contributed by atoms with Crippen LogP contribution >= 0.6 is 0 Å². The quantitative estimate of drug-likeness (QED) is 0.338. The Morgan fingerprint density at radius 2 is 1.70 bits per heavy atom. The van der Waals surface area contributed by atoms with Crippen LogP contribution in [-0.4, -0.2) is 42.0 Å². The van der Waals surface area contributed by atoms with E-state index in [0.29, 0.717) is 31.1 Å². The van der Waals surface area contributed by atoms with Gasteiger partial charge in [0.1, 0.15) is 13.2 Å². The molecule has 0 amide bonds. The lowest BCUT2D eigenvalue weighted by Crippen LogP contribution is -2.13. The third-order valence-corrected chi connectivity index (χ3v) is 4.91. The van der Waals surface area contributed by atoms with Crippen LogP contribution in [0.1, 0.15) is 11.1 Å². The van der Waals surface area contributed by atoms with Crippen molar-refractivity contribution in [3.05, 3.63) is 59.7 Å². The van der Waals surface area contributed by atoms with E-state index in [2.05, 4.69) is 4.72 Å². The molecule has 7 nitrogen and oxygen atoms in total. The lowest BCUT2D eigenvalue weighted by molar-refractivity contribution is -0.308. The maximum atomic E-state index is 12.6. The van der Waals surface area contributed by atoms with Gasteiger partial charge in [0.15, 0.2) is 0 Å². The Balaban J connectivity index is 1.85. The first-order valence-electron chi connectivity index (χ1n) is 8.51. The van der Waals surface area contributed by atoms with Crippen LogP contribution in [0.2, 0.25) is 0 Å². The second-order valence-electron chi connectivity index (χ2n) is 5.81. The monoisotopic (exact) mass is 395 g/mol. The first-order chi connectivity index (χ1) is 13.0. The van der Waals surface area contributed by atoms with Crippen LogP contribution in [0.5, 0.6) is 0 Å². The summed E-state index contributed by atoms with van der Waals surface area (Å²) < 4.78 is 37.8. The fraction of sp³-hybridized carbons (Fsp3) is 0.368. The number of rotatable bonds is 12. The number of ether oxygens (including phenoxy) is 2. The first-order valence-corrected chi connectivity index (χ1v) is 9.99. The van der Waals surface area contributed by atoms with Crippen LogP contribution in [0.25, 0.3) is 0 Å². The highest BCUT2D eigenvalue weighted by Crippen LogP contribution is 2.18. The highest BCUT2D eigenvalue weighted by atomic mass is 32.2. The van der Waals surface area contributed by atoms with Gasteiger partial charge in [0.25, 0.3) is 10.0 Å². The van der Waals surface area contributed by atoms with Crippen molar-refractivity contribution in [2.45, 2.75) is 18.4 Å². The molecule has 0 aliphatic heterocycles. The van der Waals surface area contributed by atoms with Crippen molar-refractivity contribution in [3.8, 4) is 0 Å². The minimum atomic E-state index is -3.68. The van der Waals surface area contributed by atoms with Crippen LogP contribution in [0, 0.1) is 6.92 Å². The van der Waals surface area contributed by atoms with E-state index >= 15 is 0 Å². The second kappa shape index (κ2) is 11.0. The molecule has 8 heteroatoms. The number of benzene rings is 2. The molecule has 2 aromatic rings. The Kier molecular flexibility index (Phi) is 8.70. The predicted octanol–water partition coefficient (Wildman–Crippen LogP) is 2.91. The van der Waals surface area contributed by atoms with Gasteiger partial charge in [-0.1, -0.05) is 24.3 Å². The molecule has 0 saturated heterocycles. The molecule has 0 aromatic heterocycles. The summed E-state index contributed by atoms with van der Waals surface area (Å²) in [6.07, 6.45) is 0. The lowest BCUT2D eigenvalue weighted by atomic mass is 10.2. The number of methoxy groups -OCH3 is 1. The molecule has 27 heavy (non-hydrogen) atoms. The van der Waals surface area contributed by atoms with Gasteiger partial charge in [-0.05, 0) is 42.3 Å². The van der Waals surface area contributed by atoms with E-state index in [1.807, 2.05) is 13.0 Å². The topological polar surface area (TPSA) is 83.1 Å². The SMILES string of the molecule is COCCOCCOOCc1cccc(S(=O)(=O)Nc2cccc(C)c2)c1. The molecular weight excluding hydrogens is 370 g/mol. The van der Waals surface area contributed by atoms with Gasteiger partial charge in [0.05, 0.1) is 24.7 Å². The molecule has 0 aliphatic rings. The van der Waals surface area contributed by atoms with Gasteiger partial charge >= 0.3 is 0 Å². The summed E-state index contributed by atoms with van der Waals surface area (Å²) in [4.78, 5) is 10.3. The predicted molar refractivity (Wildman–Crippen MR) is 102 cm³/mol. The van der Waals surface area contributed by atoms with Crippen molar-refractivity contribution in [2.24, 2.45) is 0 Å². The molecule has 1 N–H and O–H groups in total. The summed E-state index contributed by atoms with van der Waals surface area (Å²) in [6, 6.07) is 13.7. The fourth-order valence-electron chi connectivity index (χ4n) is 2.23. The lowest BCUT2D eigenvalue weighted by Gasteiger charge is -2.10. The van der Waals surface area contributed by atoms with Crippen molar-refractivity contribution in [3.63, 3.8) is 0 Å². The Morgan fingerprint density at radius 1 is 0.926 bits per heavy atom. The number of hydrogen-bond acceptors (Lipinski definition) is 6. The molecule has 0 unspecified atom stereocenters. The number of anilines is 1. The summed E-state index contributed by atoms with van der Waals surface area (Å²) in [7, 11) is -2.07. The standard InChI is InChI=1S/C19H25NO6S/c1-16-5-3-7-18(13-16)20-27(21,22)19-8-4-6-17(14-19)15-26-25-12-11-24-10-9-23-2/h3-8,13-14,20H,9-12,15H2,1-2H3. The van der Waals surface area contributed by atoms with E-state index in [4.69, 9.17) is 19.2 Å². The largest absolute Gasteiger partial charge is 0.382 e. The normalized spacial score (nSPS) is 11.5. The van der Waals surface area contributed by atoms with Crippen molar-refractivity contribution < 1.29 is 27.7 Å². The van der Waals surface area contributed by atoms with Gasteiger partial charge in [-0.3, -0.25) is 4.72 Å². The van der Waals surface area contributed by atoms with Crippen molar-refractivity contribution >= 4 is 15.7 Å². The molecule has 148 valence electrons. The third-order valence-electron chi connectivity index (χ3n) is 3.53. The van der Waals surface area contributed by atoms with Gasteiger partial charge in [-0.15, -0.1) is 0 Å². The van der Waals surface area contributed by atoms with E-state index in [1.165, 1.54) is 6.07 Å². The average molecular weight is 395 g/mol. The van der Waals surface area contributed by atoms with Gasteiger partial charge in [0, 0.05) is 12.8 Å². The van der Waals surface area contributed by atoms with E-state index < -0.39 is 10.0 Å². The molecule has 0 atom stereocenters. The summed E-state index contributed by atoms with van der Waals surface area (Å²) >= 11 is 0. The summed E-state index contributed by atoms with van der Waals surface area (Å²) in [5.41, 5.74) is 2.18. The number of nitrogens with one attached hydrogen (secondary N) is 1. The minimum absolute atomic E-state index is 0.131. The summed E-state index contributed by atoms with van der Waals surface area (Å²) in [6.45, 7) is 3.71. The molecule has 0 heterocycles. The van der Waals surface area contributed by atoms with Crippen LogP contribution in [0.3, 0.4) is 0 Å². The second-order valence-corrected chi connectivity index (χ2v) is 7.49. The molecule has 2 rings (SSSR count). The Labute approximate surface area is 160 Å². The molecular formula is C19H25NO6S. The Hall–Kier alpha value is -1.97. The van der Waals surface area contributed by atoms with Crippen LogP contribution in [-0.2, 0) is 35.9 Å². The van der Waals surface area contributed by atoms with Gasteiger partial charge in [-0.25, -0.2) is 18.2 Å². The van der Waals surface area contributed by atoms with Gasteiger partial charge in [-0.2, -0.15) is 0 Å². The van der Waals surface area contributed by atoms with Crippen molar-refractivity contribution in [2.75, 3.05) is 38.3 Å². The molecule has 0 aliphatic carbocycles. The molecule has 2 aromatic carbocycles. The zero-order valence-electron chi connectivity index (χ0n) is 15.5. The first kappa shape index (κ1) is 21.3. The van der Waals surface area contributed by atoms with E-state index in [1.54, 1.807) is 43.5 Å². The highest BCUT2D eigenvalue weighted by Gasteiger charge is 2.14. The summed E-state index contributed by atoms with van der Waals surface area (Å²) in [5, 5.41) is 0. The molecule has 0 radical (unpaired) electrons. The van der Waals surface area contributed by atoms with Crippen molar-refractivity contribution in [1.29, 1.82) is 0 Å². The average Bonchev–Trinajstić information content (AvgIpc) is 2.64.